The zero-order valence-corrected chi connectivity index (χ0v) is 14.2. The van der Waals surface area contributed by atoms with Crippen LogP contribution in [0.15, 0.2) is 29.2 Å². The van der Waals surface area contributed by atoms with Gasteiger partial charge < -0.3 is 5.73 Å². The molecule has 3 atom stereocenters. The first-order valence-electron chi connectivity index (χ1n) is 7.93. The van der Waals surface area contributed by atoms with E-state index in [2.05, 4.69) is 52.0 Å². The summed E-state index contributed by atoms with van der Waals surface area (Å²) < 4.78 is 0. The van der Waals surface area contributed by atoms with Crippen molar-refractivity contribution in [2.75, 3.05) is 0 Å². The summed E-state index contributed by atoms with van der Waals surface area (Å²) in [5.74, 6) is 0.876. The highest BCUT2D eigenvalue weighted by Gasteiger charge is 2.28. The molecule has 112 valence electrons. The van der Waals surface area contributed by atoms with Gasteiger partial charge in [0.25, 0.3) is 0 Å². The average Bonchev–Trinajstić information content (AvgIpc) is 2.41. The largest absolute Gasteiger partial charge is 0.327 e. The summed E-state index contributed by atoms with van der Waals surface area (Å²) in [6, 6.07) is 9.45. The average molecular weight is 292 g/mol. The number of hydrogen-bond acceptors (Lipinski definition) is 2. The van der Waals surface area contributed by atoms with E-state index in [1.54, 1.807) is 0 Å². The Kier molecular flexibility index (Phi) is 5.19. The molecule has 0 saturated heterocycles. The Balaban J connectivity index is 2.02. The van der Waals surface area contributed by atoms with Gasteiger partial charge in [0.2, 0.25) is 0 Å². The van der Waals surface area contributed by atoms with Crippen LogP contribution in [0.5, 0.6) is 0 Å². The van der Waals surface area contributed by atoms with Crippen molar-refractivity contribution < 1.29 is 0 Å². The van der Waals surface area contributed by atoms with E-state index in [9.17, 15) is 0 Å². The van der Waals surface area contributed by atoms with E-state index in [1.165, 1.54) is 36.1 Å². The molecule has 1 nitrogen and oxygen atoms in total. The van der Waals surface area contributed by atoms with Crippen LogP contribution in [0.2, 0.25) is 0 Å². The van der Waals surface area contributed by atoms with Gasteiger partial charge >= 0.3 is 0 Å². The summed E-state index contributed by atoms with van der Waals surface area (Å²) in [6.07, 6.45) is 5.09. The van der Waals surface area contributed by atoms with Crippen LogP contribution < -0.4 is 5.73 Å². The van der Waals surface area contributed by atoms with Gasteiger partial charge in [-0.15, -0.1) is 11.8 Å². The van der Waals surface area contributed by atoms with Crippen LogP contribution in [0.4, 0.5) is 0 Å². The predicted octanol–water partition coefficient (Wildman–Crippen LogP) is 4.98. The lowest BCUT2D eigenvalue weighted by atomic mass is 9.84. The second-order valence-corrected chi connectivity index (χ2v) is 8.49. The highest BCUT2D eigenvalue weighted by Crippen LogP contribution is 2.37. The minimum atomic E-state index is 0.234. The van der Waals surface area contributed by atoms with Crippen LogP contribution in [0, 0.1) is 5.92 Å². The zero-order valence-electron chi connectivity index (χ0n) is 13.4. The fourth-order valence-corrected chi connectivity index (χ4v) is 4.27. The number of rotatable bonds is 3. The Labute approximate surface area is 128 Å². The third-order valence-corrected chi connectivity index (χ3v) is 5.93. The maximum absolute atomic E-state index is 6.32. The molecule has 0 radical (unpaired) electrons. The predicted molar refractivity (Wildman–Crippen MR) is 90.4 cm³/mol. The molecule has 1 aromatic carbocycles. The highest BCUT2D eigenvalue weighted by molar-refractivity contribution is 8.00. The molecule has 1 aliphatic carbocycles. The van der Waals surface area contributed by atoms with Crippen molar-refractivity contribution in [2.24, 2.45) is 11.7 Å². The number of thioether (sulfide) groups is 1. The second kappa shape index (κ2) is 6.53. The second-order valence-electron chi connectivity index (χ2n) is 7.18. The van der Waals surface area contributed by atoms with Gasteiger partial charge in [0.1, 0.15) is 0 Å². The van der Waals surface area contributed by atoms with Gasteiger partial charge in [0.05, 0.1) is 0 Å². The van der Waals surface area contributed by atoms with Crippen LogP contribution >= 0.6 is 11.8 Å². The van der Waals surface area contributed by atoms with E-state index in [0.717, 1.165) is 5.92 Å². The van der Waals surface area contributed by atoms with E-state index in [0.29, 0.717) is 11.3 Å². The zero-order chi connectivity index (χ0) is 14.8. The molecule has 0 amide bonds. The Morgan fingerprint density at radius 3 is 2.35 bits per heavy atom. The maximum Gasteiger partial charge on any atom is 0.0248 e. The molecule has 1 aromatic rings. The molecule has 1 saturated carbocycles. The van der Waals surface area contributed by atoms with Crippen LogP contribution in [0.25, 0.3) is 0 Å². The lowest BCUT2D eigenvalue weighted by Gasteiger charge is -2.33. The molecule has 2 N–H and O–H groups in total. The van der Waals surface area contributed by atoms with Gasteiger partial charge in [-0.05, 0) is 48.3 Å². The molecule has 0 spiro atoms. The first-order valence-corrected chi connectivity index (χ1v) is 8.81. The van der Waals surface area contributed by atoms with Crippen molar-refractivity contribution in [3.63, 3.8) is 0 Å². The van der Waals surface area contributed by atoms with E-state index >= 15 is 0 Å². The Morgan fingerprint density at radius 2 is 1.80 bits per heavy atom. The number of benzene rings is 1. The Morgan fingerprint density at radius 1 is 1.15 bits per heavy atom. The minimum absolute atomic E-state index is 0.234. The van der Waals surface area contributed by atoms with Crippen LogP contribution in [-0.2, 0) is 5.41 Å². The third kappa shape index (κ3) is 4.02. The van der Waals surface area contributed by atoms with Crippen molar-refractivity contribution >= 4 is 11.8 Å². The molecule has 3 unspecified atom stereocenters. The topological polar surface area (TPSA) is 26.0 Å². The SMILES string of the molecule is CCC1CCC(N)C(Sc2ccc(C(C)(C)C)cc2)C1. The molecule has 0 heterocycles. The molecular weight excluding hydrogens is 262 g/mol. The summed E-state index contributed by atoms with van der Waals surface area (Å²) in [7, 11) is 0. The summed E-state index contributed by atoms with van der Waals surface area (Å²) >= 11 is 1.99. The normalized spacial score (nSPS) is 27.6. The van der Waals surface area contributed by atoms with Crippen LogP contribution in [0.1, 0.15) is 58.9 Å². The van der Waals surface area contributed by atoms with Crippen molar-refractivity contribution in [3.8, 4) is 0 Å². The summed E-state index contributed by atoms with van der Waals surface area (Å²) in [6.45, 7) is 9.09. The van der Waals surface area contributed by atoms with E-state index in [4.69, 9.17) is 5.73 Å². The molecule has 0 bridgehead atoms. The van der Waals surface area contributed by atoms with Crippen molar-refractivity contribution in [2.45, 2.75) is 75.0 Å². The lowest BCUT2D eigenvalue weighted by molar-refractivity contribution is 0.327. The first kappa shape index (κ1) is 15.9. The molecular formula is C18H29NS. The maximum atomic E-state index is 6.32. The van der Waals surface area contributed by atoms with Gasteiger partial charge in [-0.1, -0.05) is 46.2 Å². The fraction of sp³-hybridized carbons (Fsp3) is 0.667. The number of hydrogen-bond donors (Lipinski definition) is 1. The van der Waals surface area contributed by atoms with Crippen molar-refractivity contribution in [1.29, 1.82) is 0 Å². The Hall–Kier alpha value is -0.470. The summed E-state index contributed by atoms with van der Waals surface area (Å²) in [4.78, 5) is 1.37. The smallest absolute Gasteiger partial charge is 0.0248 e. The molecule has 0 aliphatic heterocycles. The molecule has 1 fully saturated rings. The van der Waals surface area contributed by atoms with E-state index in [1.807, 2.05) is 11.8 Å². The Bertz CT molecular complexity index is 418. The summed E-state index contributed by atoms with van der Waals surface area (Å²) in [5.41, 5.74) is 7.96. The monoisotopic (exact) mass is 291 g/mol. The van der Waals surface area contributed by atoms with E-state index < -0.39 is 0 Å². The minimum Gasteiger partial charge on any atom is -0.327 e. The van der Waals surface area contributed by atoms with Gasteiger partial charge in [-0.3, -0.25) is 0 Å². The fourth-order valence-electron chi connectivity index (χ4n) is 2.95. The highest BCUT2D eigenvalue weighted by atomic mass is 32.2. The van der Waals surface area contributed by atoms with Crippen molar-refractivity contribution in [1.82, 2.24) is 0 Å². The molecule has 2 rings (SSSR count). The van der Waals surface area contributed by atoms with Gasteiger partial charge in [0.15, 0.2) is 0 Å². The molecule has 1 aliphatic rings. The molecule has 2 heteroatoms. The van der Waals surface area contributed by atoms with Gasteiger partial charge in [-0.25, -0.2) is 0 Å². The van der Waals surface area contributed by atoms with E-state index in [-0.39, 0.29) is 5.41 Å². The third-order valence-electron chi connectivity index (χ3n) is 4.54. The van der Waals surface area contributed by atoms with Gasteiger partial charge in [0, 0.05) is 16.2 Å². The number of nitrogens with two attached hydrogens (primary N) is 1. The quantitative estimate of drug-likeness (QED) is 0.849. The standard InChI is InChI=1S/C18H29NS/c1-5-13-6-11-16(19)17(12-13)20-15-9-7-14(8-10-15)18(2,3)4/h7-10,13,16-17H,5-6,11-12,19H2,1-4H3. The van der Waals surface area contributed by atoms with Gasteiger partial charge in [-0.2, -0.15) is 0 Å². The lowest BCUT2D eigenvalue weighted by Crippen LogP contribution is -2.38. The molecule has 20 heavy (non-hydrogen) atoms. The van der Waals surface area contributed by atoms with Crippen LogP contribution in [0.3, 0.4) is 0 Å². The van der Waals surface area contributed by atoms with Crippen molar-refractivity contribution in [3.05, 3.63) is 29.8 Å². The molecule has 0 aromatic heterocycles. The van der Waals surface area contributed by atoms with Crippen LogP contribution in [-0.4, -0.2) is 11.3 Å². The first-order chi connectivity index (χ1) is 9.40. The summed E-state index contributed by atoms with van der Waals surface area (Å²) in [5, 5.41) is 0.592.